The van der Waals surface area contributed by atoms with Crippen LogP contribution in [-0.4, -0.2) is 30.2 Å². The van der Waals surface area contributed by atoms with Gasteiger partial charge in [0.15, 0.2) is 0 Å². The van der Waals surface area contributed by atoms with E-state index in [9.17, 15) is 0 Å². The van der Waals surface area contributed by atoms with Crippen molar-refractivity contribution in [1.29, 1.82) is 0 Å². The van der Waals surface area contributed by atoms with Gasteiger partial charge in [-0.3, -0.25) is 0 Å². The van der Waals surface area contributed by atoms with Crippen LogP contribution in [-0.2, 0) is 0 Å². The molecule has 2 aromatic heterocycles. The summed E-state index contributed by atoms with van der Waals surface area (Å²) < 4.78 is 1.65. The first-order chi connectivity index (χ1) is 10.4. The quantitative estimate of drug-likeness (QED) is 0.729. The van der Waals surface area contributed by atoms with Gasteiger partial charge < -0.3 is 4.98 Å². The number of hydrogen-bond acceptors (Lipinski definition) is 4. The molecule has 1 fully saturated rings. The molecule has 6 heteroatoms. The van der Waals surface area contributed by atoms with Crippen molar-refractivity contribution in [1.82, 2.24) is 30.2 Å². The van der Waals surface area contributed by atoms with Crippen LogP contribution in [0.25, 0.3) is 16.7 Å². The Bertz CT molecular complexity index is 831. The van der Waals surface area contributed by atoms with Gasteiger partial charge in [-0.15, -0.1) is 5.10 Å². The van der Waals surface area contributed by atoms with E-state index in [1.165, 1.54) is 12.8 Å². The minimum absolute atomic E-state index is 0.545. The van der Waals surface area contributed by atoms with E-state index < -0.39 is 0 Å². The van der Waals surface area contributed by atoms with Crippen LogP contribution in [0.2, 0.25) is 0 Å². The molecule has 2 heterocycles. The average Bonchev–Trinajstić information content (AvgIpc) is 3.26. The van der Waals surface area contributed by atoms with Crippen LogP contribution < -0.4 is 0 Å². The molecule has 2 bridgehead atoms. The van der Waals surface area contributed by atoms with Crippen molar-refractivity contribution in [2.75, 3.05) is 0 Å². The Morgan fingerprint density at radius 3 is 2.95 bits per heavy atom. The molecule has 0 unspecified atom stereocenters. The third-order valence-electron chi connectivity index (χ3n) is 4.73. The van der Waals surface area contributed by atoms with Gasteiger partial charge in [0.25, 0.3) is 0 Å². The predicted octanol–water partition coefficient (Wildman–Crippen LogP) is 2.22. The lowest BCUT2D eigenvalue weighted by Gasteiger charge is -2.14. The van der Waals surface area contributed by atoms with Crippen LogP contribution in [0.4, 0.5) is 0 Å². The molecule has 1 N–H and O–H groups in total. The van der Waals surface area contributed by atoms with E-state index in [1.54, 1.807) is 11.0 Å². The summed E-state index contributed by atoms with van der Waals surface area (Å²) in [6.45, 7) is 0. The topological polar surface area (TPSA) is 72.3 Å². The Morgan fingerprint density at radius 1 is 1.19 bits per heavy atom. The molecule has 6 nitrogen and oxygen atoms in total. The van der Waals surface area contributed by atoms with E-state index in [2.05, 4.69) is 32.7 Å². The third-order valence-corrected chi connectivity index (χ3v) is 4.73. The summed E-state index contributed by atoms with van der Waals surface area (Å²) in [7, 11) is 0. The van der Waals surface area contributed by atoms with Crippen LogP contribution in [0.1, 0.15) is 24.6 Å². The molecule has 3 aromatic rings. The molecule has 0 aliphatic heterocycles. The second kappa shape index (κ2) is 4.00. The Labute approximate surface area is 120 Å². The Morgan fingerprint density at radius 2 is 2.19 bits per heavy atom. The van der Waals surface area contributed by atoms with E-state index >= 15 is 0 Å². The summed E-state index contributed by atoms with van der Waals surface area (Å²) in [5.74, 6) is 3.08. The number of nitrogens with one attached hydrogen (secondary N) is 1. The van der Waals surface area contributed by atoms with Crippen molar-refractivity contribution in [2.24, 2.45) is 11.8 Å². The fourth-order valence-electron chi connectivity index (χ4n) is 3.71. The largest absolute Gasteiger partial charge is 0.342 e. The van der Waals surface area contributed by atoms with Crippen molar-refractivity contribution < 1.29 is 0 Å². The molecule has 2 aliphatic rings. The molecule has 104 valence electrons. The number of benzene rings is 1. The molecule has 0 spiro atoms. The number of tetrazole rings is 1. The van der Waals surface area contributed by atoms with E-state index in [0.29, 0.717) is 11.8 Å². The highest BCUT2D eigenvalue weighted by molar-refractivity contribution is 5.77. The lowest BCUT2D eigenvalue weighted by molar-refractivity contribution is 0.559. The lowest BCUT2D eigenvalue weighted by atomic mass is 9.93. The number of aromatic amines is 1. The van der Waals surface area contributed by atoms with Gasteiger partial charge in [-0.25, -0.2) is 9.67 Å². The third kappa shape index (κ3) is 1.65. The SMILES string of the molecule is C1=C[C@@H]2C[C@H]1C[C@H]2c1nc2ccc(-n3cnnn3)cc2[nH]1. The number of allylic oxidation sites excluding steroid dienone is 2. The van der Waals surface area contributed by atoms with Crippen LogP contribution in [0, 0.1) is 11.8 Å². The molecular weight excluding hydrogens is 264 g/mol. The summed E-state index contributed by atoms with van der Waals surface area (Å²) >= 11 is 0. The van der Waals surface area contributed by atoms with Gasteiger partial charge >= 0.3 is 0 Å². The van der Waals surface area contributed by atoms with E-state index in [4.69, 9.17) is 4.98 Å². The highest BCUT2D eigenvalue weighted by Crippen LogP contribution is 2.48. The van der Waals surface area contributed by atoms with Crippen LogP contribution in [0.3, 0.4) is 0 Å². The summed E-state index contributed by atoms with van der Waals surface area (Å²) in [6.07, 6.45) is 8.83. The van der Waals surface area contributed by atoms with Gasteiger partial charge in [-0.1, -0.05) is 12.2 Å². The Kier molecular flexibility index (Phi) is 2.13. The predicted molar refractivity (Wildman–Crippen MR) is 76.9 cm³/mol. The summed E-state index contributed by atoms with van der Waals surface area (Å²) in [5.41, 5.74) is 2.99. The molecule has 3 atom stereocenters. The standard InChI is InChI=1S/C15H14N6/c1-2-10-5-9(1)6-12(10)15-17-13-4-3-11(7-14(13)18-15)21-8-16-19-20-21/h1-4,7-10,12H,5-6H2,(H,17,18)/t9-,10+,12+/m0/s1. The lowest BCUT2D eigenvalue weighted by Crippen LogP contribution is -2.06. The number of aromatic nitrogens is 6. The van der Waals surface area contributed by atoms with Crippen molar-refractivity contribution in [2.45, 2.75) is 18.8 Å². The zero-order valence-electron chi connectivity index (χ0n) is 11.3. The van der Waals surface area contributed by atoms with E-state index in [-0.39, 0.29) is 0 Å². The number of rotatable bonds is 2. The molecule has 1 saturated carbocycles. The number of H-pyrrole nitrogens is 1. The fraction of sp³-hybridized carbons (Fsp3) is 0.333. The van der Waals surface area contributed by atoms with Crippen LogP contribution in [0.15, 0.2) is 36.7 Å². The Balaban J connectivity index is 1.57. The smallest absolute Gasteiger partial charge is 0.143 e. The van der Waals surface area contributed by atoms with Crippen LogP contribution >= 0.6 is 0 Å². The van der Waals surface area contributed by atoms with E-state index in [1.807, 2.05) is 18.2 Å². The molecule has 0 amide bonds. The summed E-state index contributed by atoms with van der Waals surface area (Å²) in [4.78, 5) is 8.28. The molecular formula is C15H14N6. The minimum Gasteiger partial charge on any atom is -0.342 e. The maximum absolute atomic E-state index is 4.79. The van der Waals surface area contributed by atoms with Crippen molar-refractivity contribution in [3.63, 3.8) is 0 Å². The normalized spacial score (nSPS) is 27.0. The zero-order valence-corrected chi connectivity index (χ0v) is 11.3. The number of hydrogen-bond donors (Lipinski definition) is 1. The van der Waals surface area contributed by atoms with Gasteiger partial charge in [0.2, 0.25) is 0 Å². The molecule has 1 aromatic carbocycles. The molecule has 0 saturated heterocycles. The second-order valence-electron chi connectivity index (χ2n) is 5.96. The zero-order chi connectivity index (χ0) is 13.8. The van der Waals surface area contributed by atoms with Crippen LogP contribution in [0.5, 0.6) is 0 Å². The van der Waals surface area contributed by atoms with Gasteiger partial charge in [0.1, 0.15) is 12.2 Å². The monoisotopic (exact) mass is 278 g/mol. The first-order valence-electron chi connectivity index (χ1n) is 7.28. The van der Waals surface area contributed by atoms with Crippen molar-refractivity contribution in [3.05, 3.63) is 42.5 Å². The van der Waals surface area contributed by atoms with E-state index in [0.717, 1.165) is 28.5 Å². The molecule has 21 heavy (non-hydrogen) atoms. The molecule has 5 rings (SSSR count). The summed E-state index contributed by atoms with van der Waals surface area (Å²) in [5, 5.41) is 11.3. The summed E-state index contributed by atoms with van der Waals surface area (Å²) in [6, 6.07) is 6.06. The second-order valence-corrected chi connectivity index (χ2v) is 5.96. The number of nitrogens with zero attached hydrogens (tertiary/aromatic N) is 5. The highest BCUT2D eigenvalue weighted by Gasteiger charge is 2.38. The maximum Gasteiger partial charge on any atom is 0.143 e. The molecule has 2 aliphatic carbocycles. The van der Waals surface area contributed by atoms with Crippen molar-refractivity contribution in [3.8, 4) is 5.69 Å². The minimum atomic E-state index is 0.545. The number of fused-ring (bicyclic) bond motifs is 3. The van der Waals surface area contributed by atoms with Gasteiger partial charge in [-0.2, -0.15) is 0 Å². The number of imidazole rings is 1. The highest BCUT2D eigenvalue weighted by atomic mass is 15.5. The molecule has 0 radical (unpaired) electrons. The van der Waals surface area contributed by atoms with Gasteiger partial charge in [-0.05, 0) is 53.3 Å². The Hall–Kier alpha value is -2.50. The fourth-order valence-corrected chi connectivity index (χ4v) is 3.71. The van der Waals surface area contributed by atoms with Gasteiger partial charge in [0.05, 0.1) is 16.7 Å². The van der Waals surface area contributed by atoms with Gasteiger partial charge in [0, 0.05) is 5.92 Å². The first kappa shape index (κ1) is 11.2. The first-order valence-corrected chi connectivity index (χ1v) is 7.28. The average molecular weight is 278 g/mol. The van der Waals surface area contributed by atoms with Crippen molar-refractivity contribution >= 4 is 11.0 Å². The maximum atomic E-state index is 4.79.